The van der Waals surface area contributed by atoms with Gasteiger partial charge in [-0.2, -0.15) is 0 Å². The molecule has 0 heterocycles. The second-order valence-corrected chi connectivity index (χ2v) is 0.519. The molecule has 0 aromatic rings. The van der Waals surface area contributed by atoms with E-state index in [9.17, 15) is 0 Å². The van der Waals surface area contributed by atoms with Crippen molar-refractivity contribution in [1.82, 2.24) is 0 Å². The van der Waals surface area contributed by atoms with E-state index in [-0.39, 0.29) is 24.2 Å². The summed E-state index contributed by atoms with van der Waals surface area (Å²) in [5, 5.41) is 13.9. The molecule has 5 heteroatoms. The van der Waals surface area contributed by atoms with E-state index in [1.54, 1.807) is 0 Å². The molecule has 8 heavy (non-hydrogen) atoms. The molecule has 0 saturated carbocycles. The van der Waals surface area contributed by atoms with Crippen LogP contribution < -0.4 is 0 Å². The van der Waals surface area contributed by atoms with Gasteiger partial charge in [0.1, 0.15) is 0 Å². The quantitative estimate of drug-likeness (QED) is 0.485. The topological polar surface area (TPSA) is 57.5 Å². The largest absolute Gasteiger partial charge is 0.481 e. The monoisotopic (exact) mass is 163 g/mol. The first-order chi connectivity index (χ1) is 2.73. The average Bonchev–Trinajstić information content (AvgIpc) is 1.41. The minimum absolute atomic E-state index is 0. The smallest absolute Gasteiger partial charge is 0.300 e. The van der Waals surface area contributed by atoms with Crippen molar-refractivity contribution >= 4 is 14.0 Å². The van der Waals surface area contributed by atoms with Crippen molar-refractivity contribution in [3.05, 3.63) is 0 Å². The Morgan fingerprint density at radius 1 is 1.50 bits per heavy atom. The molecule has 51 valence electrons. The van der Waals surface area contributed by atoms with Crippen LogP contribution in [0.5, 0.6) is 0 Å². The maximum atomic E-state index is 9.00. The number of aliphatic carboxylic acids is 1. The molecule has 0 aromatic heterocycles. The van der Waals surface area contributed by atoms with Crippen molar-refractivity contribution < 1.29 is 31.7 Å². The number of rotatable bonds is 0. The summed E-state index contributed by atoms with van der Waals surface area (Å²) in [4.78, 5) is 9.00. The summed E-state index contributed by atoms with van der Waals surface area (Å²) in [5.41, 5.74) is 0. The molecule has 0 amide bonds. The molecule has 3 radical (unpaired) electrons. The Labute approximate surface area is 60.7 Å². The van der Waals surface area contributed by atoms with Gasteiger partial charge in [0.05, 0.1) is 0 Å². The normalized spacial score (nSPS) is 3.75. The minimum atomic E-state index is -0.833. The van der Waals surface area contributed by atoms with E-state index in [1.807, 2.05) is 0 Å². The third-order valence-corrected chi connectivity index (χ3v) is 0. The summed E-state index contributed by atoms with van der Waals surface area (Å²) >= 11 is 0. The molecule has 2 N–H and O–H groups in total. The maximum absolute atomic E-state index is 9.00. The van der Waals surface area contributed by atoms with E-state index < -0.39 is 5.97 Å². The van der Waals surface area contributed by atoms with Gasteiger partial charge in [-0.3, -0.25) is 4.79 Å². The van der Waals surface area contributed by atoms with Crippen LogP contribution in [0.2, 0.25) is 0 Å². The number of hydrogen-bond donors (Lipinski definition) is 2. The fourth-order valence-electron chi connectivity index (χ4n) is 0. The van der Waals surface area contributed by atoms with Gasteiger partial charge >= 0.3 is 0 Å². The Kier molecular flexibility index (Phi) is 85.7. The molecule has 0 aliphatic rings. The molecule has 0 aromatic carbocycles. The molecule has 0 atom stereocenters. The maximum Gasteiger partial charge on any atom is 0.300 e. The van der Waals surface area contributed by atoms with Crippen molar-refractivity contribution in [3.8, 4) is 0 Å². The molecule has 0 aliphatic carbocycles. The van der Waals surface area contributed by atoms with Gasteiger partial charge in [0.2, 0.25) is 0 Å². The molecular weight excluding hydrogens is 154 g/mol. The van der Waals surface area contributed by atoms with Crippen molar-refractivity contribution in [2.24, 2.45) is 0 Å². The molecule has 0 saturated heterocycles. The van der Waals surface area contributed by atoms with Gasteiger partial charge in [-0.05, 0) is 0 Å². The predicted octanol–water partition coefficient (Wildman–Crippen LogP) is -0.213. The van der Waals surface area contributed by atoms with E-state index in [1.165, 1.54) is 0 Å². The Balaban J connectivity index is -0.0000000183. The zero-order valence-electron chi connectivity index (χ0n) is 3.71. The number of carbonyl (C=O) groups is 1. The first-order valence-electron chi connectivity index (χ1n) is 1.19. The molecule has 0 unspecified atom stereocenters. The number of carboxylic acid groups (broad SMARTS) is 1. The Morgan fingerprint density at radius 2 is 1.50 bits per heavy atom. The second kappa shape index (κ2) is 28.0. The summed E-state index contributed by atoms with van der Waals surface area (Å²) in [6.45, 7) is 1.08. The summed E-state index contributed by atoms with van der Waals surface area (Å²) in [6, 6.07) is 0. The molecular formula is C3H9BCoO3. The van der Waals surface area contributed by atoms with Crippen LogP contribution in [0.4, 0.5) is 0 Å². The van der Waals surface area contributed by atoms with E-state index >= 15 is 0 Å². The minimum Gasteiger partial charge on any atom is -0.481 e. The van der Waals surface area contributed by atoms with Crippen LogP contribution in [0, 0.1) is 0 Å². The zero-order valence-corrected chi connectivity index (χ0v) is 4.75. The summed E-state index contributed by atoms with van der Waals surface area (Å²) in [7, 11) is 3.50. The van der Waals surface area contributed by atoms with Crippen molar-refractivity contribution in [2.75, 3.05) is 0 Å². The van der Waals surface area contributed by atoms with Crippen LogP contribution >= 0.6 is 0 Å². The standard InChI is InChI=1S/C2H4O2.CH4.BHO.Co/c1-2(3)4;;1-2;/h1H3,(H,3,4);1H4;2H;. The molecule has 0 rings (SSSR count). The molecule has 0 aliphatic heterocycles. The summed E-state index contributed by atoms with van der Waals surface area (Å²) < 4.78 is 0. The summed E-state index contributed by atoms with van der Waals surface area (Å²) in [5.74, 6) is -0.833. The summed E-state index contributed by atoms with van der Waals surface area (Å²) in [6.07, 6.45) is 0. The Bertz CT molecular complexity index is 37.5. The third kappa shape index (κ3) is 73600000. The fraction of sp³-hybridized carbons (Fsp3) is 0.667. The number of carboxylic acids is 1. The molecule has 0 fully saturated rings. The van der Waals surface area contributed by atoms with Gasteiger partial charge in [-0.1, -0.05) is 7.43 Å². The van der Waals surface area contributed by atoms with Crippen LogP contribution in [-0.4, -0.2) is 24.1 Å². The van der Waals surface area contributed by atoms with E-state index in [2.05, 4.69) is 8.05 Å². The predicted molar refractivity (Wildman–Crippen MR) is 28.0 cm³/mol. The fourth-order valence-corrected chi connectivity index (χ4v) is 0. The van der Waals surface area contributed by atoms with E-state index in [0.29, 0.717) is 0 Å². The Hall–Kier alpha value is 0.00143. The molecule has 3 nitrogen and oxygen atoms in total. The third-order valence-electron chi connectivity index (χ3n) is 0. The SMILES string of the molecule is C.CC(=O)O.[B]O.[Co]. The van der Waals surface area contributed by atoms with E-state index in [4.69, 9.17) is 14.9 Å². The molecule has 0 spiro atoms. The van der Waals surface area contributed by atoms with Gasteiger partial charge in [-0.25, -0.2) is 0 Å². The van der Waals surface area contributed by atoms with Crippen molar-refractivity contribution in [1.29, 1.82) is 0 Å². The van der Waals surface area contributed by atoms with Crippen LogP contribution in [0.25, 0.3) is 0 Å². The van der Waals surface area contributed by atoms with Crippen molar-refractivity contribution in [3.63, 3.8) is 0 Å². The van der Waals surface area contributed by atoms with Crippen LogP contribution in [0.1, 0.15) is 14.4 Å². The zero-order chi connectivity index (χ0) is 5.58. The van der Waals surface area contributed by atoms with Crippen LogP contribution in [-0.2, 0) is 21.6 Å². The van der Waals surface area contributed by atoms with Crippen LogP contribution in [0.3, 0.4) is 0 Å². The van der Waals surface area contributed by atoms with Crippen LogP contribution in [0.15, 0.2) is 0 Å². The first kappa shape index (κ1) is 24.5. The first-order valence-corrected chi connectivity index (χ1v) is 1.19. The molecule has 0 bridgehead atoms. The van der Waals surface area contributed by atoms with Gasteiger partial charge in [0.25, 0.3) is 14.0 Å². The van der Waals surface area contributed by atoms with E-state index in [0.717, 1.165) is 6.92 Å². The average molecular weight is 163 g/mol. The van der Waals surface area contributed by atoms with Gasteiger partial charge in [0, 0.05) is 23.7 Å². The Morgan fingerprint density at radius 3 is 1.50 bits per heavy atom. The van der Waals surface area contributed by atoms with Gasteiger partial charge in [0.15, 0.2) is 0 Å². The van der Waals surface area contributed by atoms with Gasteiger partial charge in [-0.15, -0.1) is 0 Å². The second-order valence-electron chi connectivity index (χ2n) is 0.519. The van der Waals surface area contributed by atoms with Gasteiger partial charge < -0.3 is 10.1 Å². The van der Waals surface area contributed by atoms with Crippen molar-refractivity contribution in [2.45, 2.75) is 14.4 Å². The number of hydrogen-bond acceptors (Lipinski definition) is 2.